The Kier molecular flexibility index (Phi) is 7.28. The highest BCUT2D eigenvalue weighted by molar-refractivity contribution is 5.26. The van der Waals surface area contributed by atoms with Gasteiger partial charge in [-0.25, -0.2) is 0 Å². The second-order valence-electron chi connectivity index (χ2n) is 5.83. The SMILES string of the molecule is COCc1ccccc1CNCCCCC(C)(C)C#N. The molecule has 0 saturated heterocycles. The number of hydrogen-bond acceptors (Lipinski definition) is 3. The first-order chi connectivity index (χ1) is 9.59. The van der Waals surface area contributed by atoms with Gasteiger partial charge in [-0.2, -0.15) is 5.26 Å². The molecule has 20 heavy (non-hydrogen) atoms. The first-order valence-electron chi connectivity index (χ1n) is 7.27. The number of nitrogens with one attached hydrogen (secondary N) is 1. The van der Waals surface area contributed by atoms with Crippen LogP contribution in [0, 0.1) is 16.7 Å². The van der Waals surface area contributed by atoms with E-state index in [-0.39, 0.29) is 5.41 Å². The molecular formula is C17H26N2O. The van der Waals surface area contributed by atoms with Crippen LogP contribution in [0.25, 0.3) is 0 Å². The van der Waals surface area contributed by atoms with Crippen molar-refractivity contribution in [1.29, 1.82) is 5.26 Å². The maximum atomic E-state index is 8.95. The molecule has 1 N–H and O–H groups in total. The molecule has 0 aliphatic carbocycles. The van der Waals surface area contributed by atoms with Crippen molar-refractivity contribution < 1.29 is 4.74 Å². The summed E-state index contributed by atoms with van der Waals surface area (Å²) in [5.41, 5.74) is 2.35. The summed E-state index contributed by atoms with van der Waals surface area (Å²) in [6, 6.07) is 10.7. The van der Waals surface area contributed by atoms with E-state index in [1.165, 1.54) is 11.1 Å². The Bertz CT molecular complexity index is 435. The van der Waals surface area contributed by atoms with Crippen molar-refractivity contribution >= 4 is 0 Å². The van der Waals surface area contributed by atoms with Crippen LogP contribution in [0.3, 0.4) is 0 Å². The quantitative estimate of drug-likeness (QED) is 0.699. The zero-order valence-corrected chi connectivity index (χ0v) is 12.9. The minimum Gasteiger partial charge on any atom is -0.380 e. The van der Waals surface area contributed by atoms with E-state index in [4.69, 9.17) is 10.00 Å². The van der Waals surface area contributed by atoms with Crippen LogP contribution in [0.1, 0.15) is 44.2 Å². The Labute approximate surface area is 123 Å². The summed E-state index contributed by atoms with van der Waals surface area (Å²) < 4.78 is 5.20. The van der Waals surface area contributed by atoms with Gasteiger partial charge in [-0.15, -0.1) is 0 Å². The lowest BCUT2D eigenvalue weighted by Crippen LogP contribution is -2.17. The first kappa shape index (κ1) is 16.7. The number of benzene rings is 1. The summed E-state index contributed by atoms with van der Waals surface area (Å²) in [4.78, 5) is 0. The molecule has 0 heterocycles. The standard InChI is InChI=1S/C17H26N2O/c1-17(2,14-18)10-6-7-11-19-12-15-8-4-5-9-16(15)13-20-3/h4-5,8-9,19H,6-7,10-13H2,1-3H3. The Hall–Kier alpha value is -1.37. The third kappa shape index (κ3) is 6.18. The predicted octanol–water partition coefficient (Wildman–Crippen LogP) is 3.64. The molecule has 3 heteroatoms. The molecule has 0 atom stereocenters. The van der Waals surface area contributed by atoms with Gasteiger partial charge in [0.2, 0.25) is 0 Å². The van der Waals surface area contributed by atoms with E-state index in [1.54, 1.807) is 7.11 Å². The van der Waals surface area contributed by atoms with Gasteiger partial charge in [0.25, 0.3) is 0 Å². The van der Waals surface area contributed by atoms with E-state index in [0.717, 1.165) is 32.4 Å². The summed E-state index contributed by atoms with van der Waals surface area (Å²) in [6.45, 7) is 6.53. The molecule has 0 bridgehead atoms. The Balaban J connectivity index is 2.23. The summed E-state index contributed by atoms with van der Waals surface area (Å²) in [7, 11) is 1.72. The number of hydrogen-bond donors (Lipinski definition) is 1. The van der Waals surface area contributed by atoms with Gasteiger partial charge in [0.1, 0.15) is 0 Å². The van der Waals surface area contributed by atoms with Crippen LogP contribution in [-0.2, 0) is 17.9 Å². The fraction of sp³-hybridized carbons (Fsp3) is 0.588. The second-order valence-corrected chi connectivity index (χ2v) is 5.83. The second kappa shape index (κ2) is 8.73. The van der Waals surface area contributed by atoms with Crippen molar-refractivity contribution in [1.82, 2.24) is 5.32 Å². The fourth-order valence-corrected chi connectivity index (χ4v) is 2.12. The molecule has 0 saturated carbocycles. The highest BCUT2D eigenvalue weighted by Gasteiger charge is 2.15. The van der Waals surface area contributed by atoms with Crippen molar-refractivity contribution in [3.8, 4) is 6.07 Å². The number of unbranched alkanes of at least 4 members (excludes halogenated alkanes) is 1. The van der Waals surface area contributed by atoms with Crippen LogP contribution < -0.4 is 5.32 Å². The Morgan fingerprint density at radius 2 is 1.90 bits per heavy atom. The molecule has 0 radical (unpaired) electrons. The van der Waals surface area contributed by atoms with Gasteiger partial charge < -0.3 is 10.1 Å². The minimum absolute atomic E-state index is 0.189. The zero-order valence-electron chi connectivity index (χ0n) is 12.9. The molecular weight excluding hydrogens is 248 g/mol. The van der Waals surface area contributed by atoms with Gasteiger partial charge in [-0.3, -0.25) is 0 Å². The van der Waals surface area contributed by atoms with Gasteiger partial charge in [-0.1, -0.05) is 30.7 Å². The van der Waals surface area contributed by atoms with Crippen LogP contribution in [0.15, 0.2) is 24.3 Å². The van der Waals surface area contributed by atoms with E-state index in [0.29, 0.717) is 6.61 Å². The minimum atomic E-state index is -0.189. The van der Waals surface area contributed by atoms with E-state index in [9.17, 15) is 0 Å². The molecule has 1 rings (SSSR count). The van der Waals surface area contributed by atoms with Gasteiger partial charge >= 0.3 is 0 Å². The van der Waals surface area contributed by atoms with Gasteiger partial charge in [0.05, 0.1) is 18.1 Å². The normalized spacial score (nSPS) is 11.3. The van der Waals surface area contributed by atoms with E-state index in [1.807, 2.05) is 19.9 Å². The number of nitriles is 1. The number of ether oxygens (including phenoxy) is 1. The molecule has 0 aliphatic rings. The zero-order chi connectivity index (χ0) is 14.8. The van der Waals surface area contributed by atoms with Crippen molar-refractivity contribution in [3.63, 3.8) is 0 Å². The molecule has 0 aromatic heterocycles. The van der Waals surface area contributed by atoms with Gasteiger partial charge in [0, 0.05) is 13.7 Å². The van der Waals surface area contributed by atoms with E-state index in [2.05, 4.69) is 29.6 Å². The van der Waals surface area contributed by atoms with E-state index < -0.39 is 0 Å². The number of methoxy groups -OCH3 is 1. The van der Waals surface area contributed by atoms with Crippen LogP contribution in [-0.4, -0.2) is 13.7 Å². The average molecular weight is 274 g/mol. The lowest BCUT2D eigenvalue weighted by Gasteiger charge is -2.14. The summed E-state index contributed by atoms with van der Waals surface area (Å²) in [5.74, 6) is 0. The monoisotopic (exact) mass is 274 g/mol. The molecule has 0 amide bonds. The average Bonchev–Trinajstić information content (AvgIpc) is 2.44. The summed E-state index contributed by atoms with van der Waals surface area (Å²) in [6.07, 6.45) is 3.16. The molecule has 3 nitrogen and oxygen atoms in total. The van der Waals surface area contributed by atoms with E-state index >= 15 is 0 Å². The van der Waals surface area contributed by atoms with Crippen molar-refractivity contribution in [2.75, 3.05) is 13.7 Å². The third-order valence-corrected chi connectivity index (χ3v) is 3.44. The van der Waals surface area contributed by atoms with Crippen LogP contribution >= 0.6 is 0 Å². The third-order valence-electron chi connectivity index (χ3n) is 3.44. The molecule has 0 aliphatic heterocycles. The maximum Gasteiger partial charge on any atom is 0.0716 e. The summed E-state index contributed by atoms with van der Waals surface area (Å²) in [5, 5.41) is 12.4. The molecule has 110 valence electrons. The lowest BCUT2D eigenvalue weighted by molar-refractivity contribution is 0.184. The highest BCUT2D eigenvalue weighted by atomic mass is 16.5. The summed E-state index contributed by atoms with van der Waals surface area (Å²) >= 11 is 0. The van der Waals surface area contributed by atoms with Crippen LogP contribution in [0.2, 0.25) is 0 Å². The predicted molar refractivity (Wildman–Crippen MR) is 82.1 cm³/mol. The number of nitrogens with zero attached hydrogens (tertiary/aromatic N) is 1. The Morgan fingerprint density at radius 3 is 2.55 bits per heavy atom. The van der Waals surface area contributed by atoms with Gasteiger partial charge in [-0.05, 0) is 44.4 Å². The maximum absolute atomic E-state index is 8.95. The van der Waals surface area contributed by atoms with Crippen LogP contribution in [0.4, 0.5) is 0 Å². The van der Waals surface area contributed by atoms with Crippen molar-refractivity contribution in [3.05, 3.63) is 35.4 Å². The topological polar surface area (TPSA) is 45.0 Å². The highest BCUT2D eigenvalue weighted by Crippen LogP contribution is 2.21. The molecule has 0 fully saturated rings. The largest absolute Gasteiger partial charge is 0.380 e. The van der Waals surface area contributed by atoms with Gasteiger partial charge in [0.15, 0.2) is 0 Å². The fourth-order valence-electron chi connectivity index (χ4n) is 2.12. The lowest BCUT2D eigenvalue weighted by atomic mass is 9.89. The molecule has 0 unspecified atom stereocenters. The Morgan fingerprint density at radius 1 is 1.20 bits per heavy atom. The van der Waals surface area contributed by atoms with Crippen LogP contribution in [0.5, 0.6) is 0 Å². The molecule has 0 spiro atoms. The molecule has 1 aromatic rings. The number of rotatable bonds is 9. The smallest absolute Gasteiger partial charge is 0.0716 e. The molecule has 1 aromatic carbocycles. The van der Waals surface area contributed by atoms with Crippen molar-refractivity contribution in [2.45, 2.75) is 46.3 Å². The van der Waals surface area contributed by atoms with Crippen molar-refractivity contribution in [2.24, 2.45) is 5.41 Å². The first-order valence-corrected chi connectivity index (χ1v) is 7.27.